The van der Waals surface area contributed by atoms with Crippen LogP contribution in [0.2, 0.25) is 0 Å². The van der Waals surface area contributed by atoms with Gasteiger partial charge in [0.05, 0.1) is 25.5 Å². The Labute approximate surface area is 264 Å². The number of oxime groups is 1. The van der Waals surface area contributed by atoms with Gasteiger partial charge in [-0.25, -0.2) is 0 Å². The van der Waals surface area contributed by atoms with Crippen LogP contribution in [0.1, 0.15) is 207 Å². The Morgan fingerprint density at radius 3 is 1.19 bits per heavy atom. The number of ether oxygens (including phenoxy) is 2. The molecule has 0 fully saturated rings. The molecule has 0 N–H and O–H groups in total. The fourth-order valence-corrected chi connectivity index (χ4v) is 5.70. The van der Waals surface area contributed by atoms with E-state index in [1.54, 1.807) is 7.11 Å². The van der Waals surface area contributed by atoms with Crippen LogP contribution in [0, 0.1) is 0 Å². The van der Waals surface area contributed by atoms with Gasteiger partial charge in [-0.3, -0.25) is 0 Å². The highest BCUT2D eigenvalue weighted by Crippen LogP contribution is 2.19. The zero-order valence-corrected chi connectivity index (χ0v) is 29.4. The zero-order valence-electron chi connectivity index (χ0n) is 29.4. The number of methoxy groups -OCH3 is 1. The zero-order chi connectivity index (χ0) is 30.6. The van der Waals surface area contributed by atoms with Crippen molar-refractivity contribution in [3.8, 4) is 0 Å². The Balaban J connectivity index is 4.03. The van der Waals surface area contributed by atoms with E-state index < -0.39 is 0 Å². The van der Waals surface area contributed by atoms with Crippen molar-refractivity contribution >= 4 is 5.71 Å². The first-order valence-electron chi connectivity index (χ1n) is 19.0. The van der Waals surface area contributed by atoms with Gasteiger partial charge in [-0.15, -0.1) is 0 Å². The minimum absolute atomic E-state index is 0.273. The molecule has 0 saturated heterocycles. The van der Waals surface area contributed by atoms with E-state index in [1.807, 2.05) is 0 Å². The number of hydrogen-bond donors (Lipinski definition) is 0. The van der Waals surface area contributed by atoms with Gasteiger partial charge in [-0.1, -0.05) is 173 Å². The molecule has 0 amide bonds. The minimum atomic E-state index is 0.273. The fraction of sp³-hybridized carbons (Fsp3) is 0.974. The van der Waals surface area contributed by atoms with Crippen LogP contribution < -0.4 is 0 Å². The highest BCUT2D eigenvalue weighted by Gasteiger charge is 2.10. The van der Waals surface area contributed by atoms with Gasteiger partial charge in [-0.05, 0) is 32.6 Å². The Morgan fingerprint density at radius 1 is 0.476 bits per heavy atom. The van der Waals surface area contributed by atoms with Gasteiger partial charge in [0.15, 0.2) is 0 Å². The summed E-state index contributed by atoms with van der Waals surface area (Å²) in [6.45, 7) is 8.63. The number of hydrogen-bond acceptors (Lipinski definition) is 4. The first kappa shape index (κ1) is 41.4. The van der Waals surface area contributed by atoms with Crippen LogP contribution in [0.3, 0.4) is 0 Å². The average molecular weight is 596 g/mol. The third kappa shape index (κ3) is 33.9. The van der Waals surface area contributed by atoms with E-state index >= 15 is 0 Å². The molecule has 0 rings (SSSR count). The number of rotatable bonds is 36. The van der Waals surface area contributed by atoms with Crippen molar-refractivity contribution in [3.05, 3.63) is 0 Å². The van der Waals surface area contributed by atoms with Crippen LogP contribution in [0.4, 0.5) is 0 Å². The normalized spacial score (nSPS) is 12.1. The van der Waals surface area contributed by atoms with Crippen LogP contribution in [-0.4, -0.2) is 38.7 Å². The highest BCUT2D eigenvalue weighted by atomic mass is 16.6. The molecule has 0 atom stereocenters. The van der Waals surface area contributed by atoms with Crippen LogP contribution in [0.5, 0.6) is 0 Å². The highest BCUT2D eigenvalue weighted by molar-refractivity contribution is 5.81. The van der Waals surface area contributed by atoms with E-state index in [4.69, 9.17) is 14.3 Å². The van der Waals surface area contributed by atoms with Crippen molar-refractivity contribution in [2.45, 2.75) is 213 Å². The summed E-state index contributed by atoms with van der Waals surface area (Å²) in [7, 11) is 1.71. The minimum Gasteiger partial charge on any atom is -0.393 e. The molecule has 0 radical (unpaired) electrons. The molecule has 0 aliphatic heterocycles. The van der Waals surface area contributed by atoms with E-state index in [0.717, 1.165) is 25.0 Å². The summed E-state index contributed by atoms with van der Waals surface area (Å²) in [5, 5.41) is 4.51. The lowest BCUT2D eigenvalue weighted by atomic mass is 10.0. The van der Waals surface area contributed by atoms with Crippen LogP contribution in [0.25, 0.3) is 0 Å². The van der Waals surface area contributed by atoms with Crippen molar-refractivity contribution in [2.75, 3.05) is 26.9 Å². The smallest absolute Gasteiger partial charge is 0.127 e. The van der Waals surface area contributed by atoms with Crippen molar-refractivity contribution in [2.24, 2.45) is 5.16 Å². The maximum atomic E-state index is 6.10. The van der Waals surface area contributed by atoms with Gasteiger partial charge in [0.25, 0.3) is 0 Å². The summed E-state index contributed by atoms with van der Waals surface area (Å²) in [4.78, 5) is 6.10. The second-order valence-corrected chi connectivity index (χ2v) is 13.0. The lowest BCUT2D eigenvalue weighted by molar-refractivity contribution is 0.0413. The molecule has 252 valence electrons. The summed E-state index contributed by atoms with van der Waals surface area (Å²) >= 11 is 0. The standard InChI is InChI=1S/C38H77NO3/c1-5-7-9-11-13-15-17-19-21-23-25-27-29-31-38(42-39-37(3)33-34-41-36-35-40-4)32-30-28-26-24-22-20-18-16-14-12-10-8-6-2/h38H,5-36H2,1-4H3/b39-37+. The molecule has 4 heteroatoms. The molecule has 0 saturated carbocycles. The molecular weight excluding hydrogens is 518 g/mol. The topological polar surface area (TPSA) is 40.0 Å². The number of unbranched alkanes of at least 4 members (excludes halogenated alkanes) is 24. The molecule has 4 nitrogen and oxygen atoms in total. The summed E-state index contributed by atoms with van der Waals surface area (Å²) in [6, 6.07) is 0. The SMILES string of the molecule is CCCCCCCCCCCCCCCC(CCCCCCCCCCCCCCC)O/N=C(\C)CCOCCOC. The first-order chi connectivity index (χ1) is 20.7. The second kappa shape index (κ2) is 36.6. The number of nitrogens with zero attached hydrogens (tertiary/aromatic N) is 1. The monoisotopic (exact) mass is 596 g/mol. The molecule has 0 aliphatic rings. The lowest BCUT2D eigenvalue weighted by Crippen LogP contribution is -2.12. The largest absolute Gasteiger partial charge is 0.393 e. The van der Waals surface area contributed by atoms with Gasteiger partial charge >= 0.3 is 0 Å². The van der Waals surface area contributed by atoms with Gasteiger partial charge in [0, 0.05) is 13.5 Å². The van der Waals surface area contributed by atoms with E-state index in [2.05, 4.69) is 25.9 Å². The molecular formula is C38H77NO3. The molecule has 42 heavy (non-hydrogen) atoms. The molecule has 0 spiro atoms. The van der Waals surface area contributed by atoms with E-state index in [0.29, 0.717) is 19.8 Å². The van der Waals surface area contributed by atoms with E-state index in [-0.39, 0.29) is 6.10 Å². The molecule has 0 aliphatic carbocycles. The molecule has 0 bridgehead atoms. The summed E-state index contributed by atoms with van der Waals surface area (Å²) in [5.41, 5.74) is 1.04. The Morgan fingerprint density at radius 2 is 0.833 bits per heavy atom. The fourth-order valence-electron chi connectivity index (χ4n) is 5.70. The third-order valence-corrected chi connectivity index (χ3v) is 8.66. The van der Waals surface area contributed by atoms with Crippen LogP contribution in [0.15, 0.2) is 5.16 Å². The molecule has 0 unspecified atom stereocenters. The van der Waals surface area contributed by atoms with E-state index in [1.165, 1.54) is 167 Å². The summed E-state index contributed by atoms with van der Waals surface area (Å²) < 4.78 is 10.6. The van der Waals surface area contributed by atoms with Crippen molar-refractivity contribution in [1.82, 2.24) is 0 Å². The van der Waals surface area contributed by atoms with Gasteiger partial charge in [0.1, 0.15) is 6.10 Å². The molecule has 0 aromatic heterocycles. The van der Waals surface area contributed by atoms with Crippen molar-refractivity contribution < 1.29 is 14.3 Å². The Hall–Kier alpha value is -0.610. The maximum absolute atomic E-state index is 6.10. The average Bonchev–Trinajstić information content (AvgIpc) is 3.00. The maximum Gasteiger partial charge on any atom is 0.127 e. The predicted octanol–water partition coefficient (Wildman–Crippen LogP) is 12.8. The Kier molecular flexibility index (Phi) is 36.0. The Bertz CT molecular complexity index is 494. The van der Waals surface area contributed by atoms with Crippen molar-refractivity contribution in [1.29, 1.82) is 0 Å². The van der Waals surface area contributed by atoms with Gasteiger partial charge in [-0.2, -0.15) is 0 Å². The predicted molar refractivity (Wildman–Crippen MR) is 186 cm³/mol. The molecule has 0 aromatic carbocycles. The molecule has 0 aromatic rings. The first-order valence-corrected chi connectivity index (χ1v) is 19.0. The second-order valence-electron chi connectivity index (χ2n) is 13.0. The summed E-state index contributed by atoms with van der Waals surface area (Å²) in [6.07, 6.45) is 39.9. The summed E-state index contributed by atoms with van der Waals surface area (Å²) in [5.74, 6) is 0. The lowest BCUT2D eigenvalue weighted by Gasteiger charge is -2.16. The van der Waals surface area contributed by atoms with Gasteiger partial charge in [0.2, 0.25) is 0 Å². The van der Waals surface area contributed by atoms with Crippen LogP contribution in [-0.2, 0) is 14.3 Å². The van der Waals surface area contributed by atoms with E-state index in [9.17, 15) is 0 Å². The molecule has 0 heterocycles. The quantitative estimate of drug-likeness (QED) is 0.0411. The third-order valence-electron chi connectivity index (χ3n) is 8.66. The van der Waals surface area contributed by atoms with Gasteiger partial charge < -0.3 is 14.3 Å². The van der Waals surface area contributed by atoms with Crippen molar-refractivity contribution in [3.63, 3.8) is 0 Å². The van der Waals surface area contributed by atoms with Crippen LogP contribution >= 0.6 is 0 Å².